The number of likely N-dealkylation sites (tertiary alicyclic amines) is 1. The molecule has 2 rings (SSSR count). The van der Waals surface area contributed by atoms with Gasteiger partial charge in [0, 0.05) is 18.8 Å². The molecule has 0 spiro atoms. The summed E-state index contributed by atoms with van der Waals surface area (Å²) in [5.41, 5.74) is 0.931. The fourth-order valence-electron chi connectivity index (χ4n) is 2.84. The smallest absolute Gasteiger partial charge is 0.307 e. The lowest BCUT2D eigenvalue weighted by molar-refractivity contribution is -0.144. The summed E-state index contributed by atoms with van der Waals surface area (Å²) >= 11 is 0. The number of anilines is 1. The van der Waals surface area contributed by atoms with E-state index in [-0.39, 0.29) is 24.2 Å². The first-order valence-corrected chi connectivity index (χ1v) is 7.36. The molecule has 0 aromatic heterocycles. The van der Waals surface area contributed by atoms with Crippen molar-refractivity contribution in [2.24, 2.45) is 11.8 Å². The molecule has 1 saturated heterocycles. The number of carboxylic acid groups (broad SMARTS) is 1. The number of nitrogens with one attached hydrogen (secondary N) is 1. The van der Waals surface area contributed by atoms with Gasteiger partial charge in [-0.3, -0.25) is 14.5 Å². The lowest BCUT2D eigenvalue weighted by Crippen LogP contribution is -2.45. The Morgan fingerprint density at radius 3 is 2.77 bits per heavy atom. The summed E-state index contributed by atoms with van der Waals surface area (Å²) in [4.78, 5) is 25.0. The van der Waals surface area contributed by atoms with Crippen molar-refractivity contribution in [3.05, 3.63) is 29.6 Å². The van der Waals surface area contributed by atoms with Crippen LogP contribution in [0.3, 0.4) is 0 Å². The second-order valence-corrected chi connectivity index (χ2v) is 6.08. The van der Waals surface area contributed by atoms with Gasteiger partial charge < -0.3 is 10.4 Å². The van der Waals surface area contributed by atoms with Gasteiger partial charge in [-0.25, -0.2) is 4.39 Å². The minimum absolute atomic E-state index is 0.115. The number of halogens is 1. The predicted octanol–water partition coefficient (Wildman–Crippen LogP) is 2.12. The van der Waals surface area contributed by atoms with Crippen LogP contribution in [0, 0.1) is 24.6 Å². The number of amides is 1. The number of hydrogen-bond acceptors (Lipinski definition) is 3. The molecule has 2 atom stereocenters. The second-order valence-electron chi connectivity index (χ2n) is 6.08. The van der Waals surface area contributed by atoms with Crippen molar-refractivity contribution in [3.63, 3.8) is 0 Å². The van der Waals surface area contributed by atoms with Crippen LogP contribution in [0.1, 0.15) is 18.9 Å². The van der Waals surface area contributed by atoms with Gasteiger partial charge in [0.25, 0.3) is 0 Å². The first kappa shape index (κ1) is 16.4. The molecule has 1 fully saturated rings. The number of hydrogen-bond donors (Lipinski definition) is 2. The first-order chi connectivity index (χ1) is 10.3. The highest BCUT2D eigenvalue weighted by Gasteiger charge is 2.30. The zero-order chi connectivity index (χ0) is 16.3. The van der Waals surface area contributed by atoms with E-state index in [0.29, 0.717) is 30.8 Å². The molecule has 1 heterocycles. The normalized spacial score (nSPS) is 22.3. The lowest BCUT2D eigenvalue weighted by Gasteiger charge is -2.34. The molecule has 1 amide bonds. The molecule has 1 aliphatic rings. The molecular formula is C16H21FN2O3. The number of rotatable bonds is 4. The Labute approximate surface area is 129 Å². The lowest BCUT2D eigenvalue weighted by atomic mass is 9.90. The summed E-state index contributed by atoms with van der Waals surface area (Å²) in [5.74, 6) is -1.65. The maximum atomic E-state index is 13.5. The van der Waals surface area contributed by atoms with E-state index in [2.05, 4.69) is 5.32 Å². The number of piperidine rings is 1. The number of aryl methyl sites for hydroxylation is 1. The van der Waals surface area contributed by atoms with E-state index in [0.717, 1.165) is 0 Å². The van der Waals surface area contributed by atoms with Gasteiger partial charge in [-0.05, 0) is 37.0 Å². The third-order valence-electron chi connectivity index (χ3n) is 3.91. The fraction of sp³-hybridized carbons (Fsp3) is 0.500. The Kier molecular flexibility index (Phi) is 5.13. The topological polar surface area (TPSA) is 69.6 Å². The molecular weight excluding hydrogens is 287 g/mol. The van der Waals surface area contributed by atoms with Crippen LogP contribution in [0.4, 0.5) is 10.1 Å². The van der Waals surface area contributed by atoms with E-state index in [1.807, 2.05) is 11.8 Å². The minimum atomic E-state index is -0.822. The summed E-state index contributed by atoms with van der Waals surface area (Å²) in [6, 6.07) is 4.54. The van der Waals surface area contributed by atoms with Gasteiger partial charge in [0.15, 0.2) is 0 Å². The first-order valence-electron chi connectivity index (χ1n) is 7.36. The molecule has 0 bridgehead atoms. The number of benzene rings is 1. The van der Waals surface area contributed by atoms with Crippen molar-refractivity contribution in [1.29, 1.82) is 0 Å². The number of carboxylic acids is 1. The highest BCUT2D eigenvalue weighted by molar-refractivity contribution is 5.92. The number of carbonyl (C=O) groups is 2. The molecule has 2 unspecified atom stereocenters. The molecule has 0 saturated carbocycles. The second kappa shape index (κ2) is 6.87. The number of carbonyl (C=O) groups excluding carboxylic acids is 1. The van der Waals surface area contributed by atoms with Crippen molar-refractivity contribution in [2.75, 3.05) is 25.0 Å². The summed E-state index contributed by atoms with van der Waals surface area (Å²) in [6.45, 7) is 4.82. The molecule has 6 heteroatoms. The van der Waals surface area contributed by atoms with Crippen LogP contribution in [0.5, 0.6) is 0 Å². The van der Waals surface area contributed by atoms with Gasteiger partial charge in [0.1, 0.15) is 5.82 Å². The zero-order valence-corrected chi connectivity index (χ0v) is 12.8. The predicted molar refractivity (Wildman–Crippen MR) is 81.1 cm³/mol. The molecule has 1 aromatic rings. The monoisotopic (exact) mass is 308 g/mol. The van der Waals surface area contributed by atoms with Gasteiger partial charge in [-0.15, -0.1) is 0 Å². The molecule has 22 heavy (non-hydrogen) atoms. The molecule has 2 N–H and O–H groups in total. The molecule has 1 aliphatic heterocycles. The summed E-state index contributed by atoms with van der Waals surface area (Å²) in [7, 11) is 0. The summed E-state index contributed by atoms with van der Waals surface area (Å²) < 4.78 is 13.5. The van der Waals surface area contributed by atoms with E-state index in [4.69, 9.17) is 5.11 Å². The van der Waals surface area contributed by atoms with E-state index in [9.17, 15) is 14.0 Å². The van der Waals surface area contributed by atoms with Gasteiger partial charge in [0.05, 0.1) is 12.5 Å². The SMILES string of the molecule is Cc1ccc(NC(=O)CN2CC(C)CC(C(=O)O)C2)cc1F. The van der Waals surface area contributed by atoms with Crippen LogP contribution in [-0.2, 0) is 9.59 Å². The Morgan fingerprint density at radius 2 is 2.14 bits per heavy atom. The number of nitrogens with zero attached hydrogens (tertiary/aromatic N) is 1. The Balaban J connectivity index is 1.93. The highest BCUT2D eigenvalue weighted by Crippen LogP contribution is 2.21. The summed E-state index contributed by atoms with van der Waals surface area (Å²) in [5, 5.41) is 11.8. The van der Waals surface area contributed by atoms with Crippen molar-refractivity contribution in [2.45, 2.75) is 20.3 Å². The third-order valence-corrected chi connectivity index (χ3v) is 3.91. The largest absolute Gasteiger partial charge is 0.481 e. The average molecular weight is 308 g/mol. The van der Waals surface area contributed by atoms with Gasteiger partial charge >= 0.3 is 5.97 Å². The van der Waals surface area contributed by atoms with Crippen LogP contribution in [0.2, 0.25) is 0 Å². The minimum Gasteiger partial charge on any atom is -0.481 e. The quantitative estimate of drug-likeness (QED) is 0.894. The van der Waals surface area contributed by atoms with Gasteiger partial charge in [-0.1, -0.05) is 13.0 Å². The molecule has 120 valence electrons. The van der Waals surface area contributed by atoms with E-state index >= 15 is 0 Å². The van der Waals surface area contributed by atoms with Crippen molar-refractivity contribution >= 4 is 17.6 Å². The average Bonchev–Trinajstić information content (AvgIpc) is 2.42. The van der Waals surface area contributed by atoms with Crippen molar-refractivity contribution < 1.29 is 19.1 Å². The molecule has 5 nitrogen and oxygen atoms in total. The molecule has 0 aliphatic carbocycles. The summed E-state index contributed by atoms with van der Waals surface area (Å²) in [6.07, 6.45) is 0.636. The third kappa shape index (κ3) is 4.27. The van der Waals surface area contributed by atoms with Gasteiger partial charge in [-0.2, -0.15) is 0 Å². The van der Waals surface area contributed by atoms with Crippen LogP contribution >= 0.6 is 0 Å². The van der Waals surface area contributed by atoms with Crippen LogP contribution in [0.25, 0.3) is 0 Å². The van der Waals surface area contributed by atoms with E-state index in [1.54, 1.807) is 19.1 Å². The number of aliphatic carboxylic acids is 1. The Morgan fingerprint density at radius 1 is 1.41 bits per heavy atom. The molecule has 1 aromatic carbocycles. The fourth-order valence-corrected chi connectivity index (χ4v) is 2.84. The maximum absolute atomic E-state index is 13.5. The Bertz CT molecular complexity index is 577. The van der Waals surface area contributed by atoms with Crippen LogP contribution in [0.15, 0.2) is 18.2 Å². The van der Waals surface area contributed by atoms with Crippen molar-refractivity contribution in [3.8, 4) is 0 Å². The van der Waals surface area contributed by atoms with Gasteiger partial charge in [0.2, 0.25) is 5.91 Å². The Hall–Kier alpha value is -1.95. The zero-order valence-electron chi connectivity index (χ0n) is 12.8. The van der Waals surface area contributed by atoms with E-state index in [1.165, 1.54) is 6.07 Å². The van der Waals surface area contributed by atoms with Crippen LogP contribution in [-0.4, -0.2) is 41.5 Å². The maximum Gasteiger partial charge on any atom is 0.307 e. The highest BCUT2D eigenvalue weighted by atomic mass is 19.1. The molecule has 0 radical (unpaired) electrons. The van der Waals surface area contributed by atoms with Crippen LogP contribution < -0.4 is 5.32 Å². The van der Waals surface area contributed by atoms with Crippen molar-refractivity contribution in [1.82, 2.24) is 4.90 Å². The van der Waals surface area contributed by atoms with E-state index < -0.39 is 11.9 Å². The standard InChI is InChI=1S/C16H21FN2O3/c1-10-5-12(16(21)22)8-19(7-10)9-15(20)18-13-4-3-11(2)14(17)6-13/h3-4,6,10,12H,5,7-9H2,1-2H3,(H,18,20)(H,21,22).